The second kappa shape index (κ2) is 7.16. The average molecular weight is 303 g/mol. The van der Waals surface area contributed by atoms with Crippen molar-refractivity contribution in [3.05, 3.63) is 28.3 Å². The van der Waals surface area contributed by atoms with E-state index in [9.17, 15) is 4.79 Å². The van der Waals surface area contributed by atoms with E-state index in [0.29, 0.717) is 22.9 Å². The van der Waals surface area contributed by atoms with Gasteiger partial charge in [-0.1, -0.05) is 32.4 Å². The number of alkyl halides is 1. The van der Waals surface area contributed by atoms with Crippen LogP contribution >= 0.6 is 23.2 Å². The normalized spacial score (nSPS) is 12.6. The van der Waals surface area contributed by atoms with E-state index in [2.05, 4.69) is 0 Å². The Bertz CT molecular complexity index is 454. The summed E-state index contributed by atoms with van der Waals surface area (Å²) in [5, 5.41) is -0.0596. The average Bonchev–Trinajstić information content (AvgIpc) is 2.35. The highest BCUT2D eigenvalue weighted by Crippen LogP contribution is 2.34. The van der Waals surface area contributed by atoms with E-state index in [1.54, 1.807) is 13.0 Å². The lowest BCUT2D eigenvalue weighted by atomic mass is 9.96. The first kappa shape index (κ1) is 16.3. The van der Waals surface area contributed by atoms with E-state index >= 15 is 0 Å². The fourth-order valence-electron chi connectivity index (χ4n) is 1.81. The van der Waals surface area contributed by atoms with Gasteiger partial charge in [-0.2, -0.15) is 0 Å². The van der Waals surface area contributed by atoms with Crippen molar-refractivity contribution in [2.75, 3.05) is 6.61 Å². The SMILES string of the molecule is CCCOc1c(C(=O)C(C)Cl)cc(Cl)cc1C(C)C. The van der Waals surface area contributed by atoms with Gasteiger partial charge in [0, 0.05) is 5.02 Å². The highest BCUT2D eigenvalue weighted by atomic mass is 35.5. The fraction of sp³-hybridized carbons (Fsp3) is 0.533. The van der Waals surface area contributed by atoms with Crippen molar-refractivity contribution in [1.82, 2.24) is 0 Å². The number of halogens is 2. The third-order valence-corrected chi connectivity index (χ3v) is 3.20. The summed E-state index contributed by atoms with van der Waals surface area (Å²) in [5.41, 5.74) is 1.42. The van der Waals surface area contributed by atoms with Crippen LogP contribution in [-0.2, 0) is 0 Å². The number of carbonyl (C=O) groups excluding carboxylic acids is 1. The molecule has 0 amide bonds. The number of ether oxygens (including phenoxy) is 1. The van der Waals surface area contributed by atoms with Crippen LogP contribution in [0.3, 0.4) is 0 Å². The van der Waals surface area contributed by atoms with E-state index in [-0.39, 0.29) is 11.7 Å². The van der Waals surface area contributed by atoms with Gasteiger partial charge in [0.1, 0.15) is 5.75 Å². The Morgan fingerprint density at radius 1 is 1.32 bits per heavy atom. The zero-order valence-corrected chi connectivity index (χ0v) is 13.3. The van der Waals surface area contributed by atoms with E-state index in [1.807, 2.05) is 26.8 Å². The molecule has 0 saturated heterocycles. The van der Waals surface area contributed by atoms with E-state index in [0.717, 1.165) is 12.0 Å². The fourth-order valence-corrected chi connectivity index (χ4v) is 2.15. The minimum atomic E-state index is -0.595. The van der Waals surface area contributed by atoms with Gasteiger partial charge in [-0.25, -0.2) is 0 Å². The van der Waals surface area contributed by atoms with Crippen LogP contribution in [0.5, 0.6) is 5.75 Å². The molecular weight excluding hydrogens is 283 g/mol. The molecule has 0 saturated carbocycles. The molecule has 1 aromatic rings. The van der Waals surface area contributed by atoms with Gasteiger partial charge in [0.25, 0.3) is 0 Å². The predicted octanol–water partition coefficient (Wildman–Crippen LogP) is 5.06. The Morgan fingerprint density at radius 3 is 2.42 bits per heavy atom. The molecule has 0 N–H and O–H groups in total. The van der Waals surface area contributed by atoms with Crippen LogP contribution in [0.1, 0.15) is 56.0 Å². The van der Waals surface area contributed by atoms with Crippen LogP contribution in [0.15, 0.2) is 12.1 Å². The van der Waals surface area contributed by atoms with E-state index in [1.165, 1.54) is 0 Å². The van der Waals surface area contributed by atoms with Crippen molar-refractivity contribution in [3.63, 3.8) is 0 Å². The first-order valence-electron chi connectivity index (χ1n) is 6.53. The molecule has 1 atom stereocenters. The van der Waals surface area contributed by atoms with Gasteiger partial charge >= 0.3 is 0 Å². The van der Waals surface area contributed by atoms with Crippen molar-refractivity contribution in [3.8, 4) is 5.75 Å². The van der Waals surface area contributed by atoms with Crippen molar-refractivity contribution >= 4 is 29.0 Å². The summed E-state index contributed by atoms with van der Waals surface area (Å²) in [6, 6.07) is 3.49. The number of ketones is 1. The maximum absolute atomic E-state index is 12.2. The number of carbonyl (C=O) groups is 1. The molecule has 0 radical (unpaired) electrons. The van der Waals surface area contributed by atoms with Gasteiger partial charge in [0.2, 0.25) is 0 Å². The van der Waals surface area contributed by atoms with Gasteiger partial charge in [0.15, 0.2) is 5.78 Å². The number of hydrogen-bond donors (Lipinski definition) is 0. The molecular formula is C15H20Cl2O2. The van der Waals surface area contributed by atoms with Gasteiger partial charge in [-0.15, -0.1) is 11.6 Å². The molecule has 0 bridgehead atoms. The molecule has 1 unspecified atom stereocenters. The predicted molar refractivity (Wildman–Crippen MR) is 81.0 cm³/mol. The Hall–Kier alpha value is -0.730. The third-order valence-electron chi connectivity index (χ3n) is 2.78. The summed E-state index contributed by atoms with van der Waals surface area (Å²) in [5.74, 6) is 0.693. The van der Waals surface area contributed by atoms with Crippen molar-refractivity contribution in [2.24, 2.45) is 0 Å². The molecule has 4 heteroatoms. The number of benzene rings is 1. The highest BCUT2D eigenvalue weighted by Gasteiger charge is 2.22. The second-order valence-corrected chi connectivity index (χ2v) is 5.95. The summed E-state index contributed by atoms with van der Waals surface area (Å²) in [6.07, 6.45) is 0.879. The third kappa shape index (κ3) is 4.12. The topological polar surface area (TPSA) is 26.3 Å². The minimum Gasteiger partial charge on any atom is -0.493 e. The highest BCUT2D eigenvalue weighted by molar-refractivity contribution is 6.35. The standard InChI is InChI=1S/C15H20Cl2O2/c1-5-6-19-15-12(9(2)3)7-11(17)8-13(15)14(18)10(4)16/h7-10H,5-6H2,1-4H3. The molecule has 19 heavy (non-hydrogen) atoms. The van der Waals surface area contributed by atoms with Gasteiger partial charge in [-0.05, 0) is 37.0 Å². The van der Waals surface area contributed by atoms with E-state index in [4.69, 9.17) is 27.9 Å². The Morgan fingerprint density at radius 2 is 1.95 bits per heavy atom. The zero-order valence-electron chi connectivity index (χ0n) is 11.8. The van der Waals surface area contributed by atoms with Crippen LogP contribution < -0.4 is 4.74 Å². The molecule has 0 aliphatic carbocycles. The van der Waals surface area contributed by atoms with Crippen molar-refractivity contribution < 1.29 is 9.53 Å². The number of rotatable bonds is 6. The van der Waals surface area contributed by atoms with Gasteiger partial charge in [-0.3, -0.25) is 4.79 Å². The molecule has 0 aromatic heterocycles. The Kier molecular flexibility index (Phi) is 6.15. The Labute approximate surface area is 125 Å². The quantitative estimate of drug-likeness (QED) is 0.542. The lowest BCUT2D eigenvalue weighted by molar-refractivity contribution is 0.0987. The largest absolute Gasteiger partial charge is 0.493 e. The number of Topliss-reactive ketones (excluding diaryl/α,β-unsaturated/α-hetero) is 1. The molecule has 1 aromatic carbocycles. The Balaban J connectivity index is 3.36. The van der Waals surface area contributed by atoms with Crippen molar-refractivity contribution in [1.29, 1.82) is 0 Å². The van der Waals surface area contributed by atoms with Crippen LogP contribution in [0.2, 0.25) is 5.02 Å². The summed E-state index contributed by atoms with van der Waals surface area (Å²) in [7, 11) is 0. The van der Waals surface area contributed by atoms with Gasteiger partial charge in [0.05, 0.1) is 17.5 Å². The van der Waals surface area contributed by atoms with E-state index < -0.39 is 5.38 Å². The maximum Gasteiger partial charge on any atom is 0.184 e. The molecule has 0 aliphatic rings. The maximum atomic E-state index is 12.2. The first-order chi connectivity index (χ1) is 8.88. The molecule has 2 nitrogen and oxygen atoms in total. The van der Waals surface area contributed by atoms with Crippen LogP contribution in [0.25, 0.3) is 0 Å². The molecule has 106 valence electrons. The monoisotopic (exact) mass is 302 g/mol. The second-order valence-electron chi connectivity index (χ2n) is 4.86. The summed E-state index contributed by atoms with van der Waals surface area (Å²) < 4.78 is 5.77. The smallest absolute Gasteiger partial charge is 0.184 e. The molecule has 0 heterocycles. The molecule has 0 fully saturated rings. The molecule has 1 rings (SSSR count). The number of hydrogen-bond acceptors (Lipinski definition) is 2. The van der Waals surface area contributed by atoms with Crippen LogP contribution in [-0.4, -0.2) is 17.8 Å². The zero-order chi connectivity index (χ0) is 14.6. The summed E-state index contributed by atoms with van der Waals surface area (Å²) in [4.78, 5) is 12.2. The lowest BCUT2D eigenvalue weighted by Crippen LogP contribution is -2.14. The summed E-state index contributed by atoms with van der Waals surface area (Å²) in [6.45, 7) is 8.34. The van der Waals surface area contributed by atoms with Crippen LogP contribution in [0, 0.1) is 0 Å². The van der Waals surface area contributed by atoms with Gasteiger partial charge < -0.3 is 4.74 Å². The van der Waals surface area contributed by atoms with Crippen molar-refractivity contribution in [2.45, 2.75) is 45.4 Å². The first-order valence-corrected chi connectivity index (χ1v) is 7.34. The minimum absolute atomic E-state index is 0.155. The molecule has 0 spiro atoms. The summed E-state index contributed by atoms with van der Waals surface area (Å²) >= 11 is 12.0. The van der Waals surface area contributed by atoms with Crippen LogP contribution in [0.4, 0.5) is 0 Å². The lowest BCUT2D eigenvalue weighted by Gasteiger charge is -2.18. The molecule has 0 aliphatic heterocycles.